The smallest absolute Gasteiger partial charge is 0.134 e. The number of hydrogen-bond donors (Lipinski definition) is 2. The van der Waals surface area contributed by atoms with Crippen molar-refractivity contribution in [2.45, 2.75) is 45.3 Å². The zero-order valence-electron chi connectivity index (χ0n) is 11.4. The molecule has 1 saturated heterocycles. The van der Waals surface area contributed by atoms with Gasteiger partial charge in [-0.2, -0.15) is 0 Å². The highest BCUT2D eigenvalue weighted by Crippen LogP contribution is 2.23. The summed E-state index contributed by atoms with van der Waals surface area (Å²) in [5.74, 6) is 1.87. The summed E-state index contributed by atoms with van der Waals surface area (Å²) in [5, 5.41) is 6.65. The molecule has 0 aromatic carbocycles. The summed E-state index contributed by atoms with van der Waals surface area (Å²) in [5.41, 5.74) is 1.15. The summed E-state index contributed by atoms with van der Waals surface area (Å²) in [6, 6.07) is 0.443. The van der Waals surface area contributed by atoms with Crippen molar-refractivity contribution in [2.24, 2.45) is 0 Å². The van der Waals surface area contributed by atoms with E-state index in [4.69, 9.17) is 4.74 Å². The van der Waals surface area contributed by atoms with Crippen LogP contribution < -0.4 is 10.6 Å². The third-order valence-corrected chi connectivity index (χ3v) is 3.36. The third-order valence-electron chi connectivity index (χ3n) is 3.36. The minimum absolute atomic E-state index is 0.326. The molecule has 1 aromatic rings. The average molecular weight is 250 g/mol. The first-order chi connectivity index (χ1) is 8.74. The normalized spacial score (nSPS) is 23.7. The molecule has 1 aliphatic heterocycles. The van der Waals surface area contributed by atoms with E-state index in [1.807, 2.05) is 7.05 Å². The molecular formula is C13H22N4O. The van der Waals surface area contributed by atoms with Gasteiger partial charge in [-0.3, -0.25) is 0 Å². The zero-order chi connectivity index (χ0) is 13.0. The molecular weight excluding hydrogens is 228 g/mol. The number of rotatable bonds is 4. The lowest BCUT2D eigenvalue weighted by molar-refractivity contribution is 0.0231. The van der Waals surface area contributed by atoms with Gasteiger partial charge in [-0.1, -0.05) is 6.92 Å². The van der Waals surface area contributed by atoms with Crippen molar-refractivity contribution >= 4 is 11.6 Å². The van der Waals surface area contributed by atoms with Crippen LogP contribution in [0.15, 0.2) is 6.33 Å². The Balaban J connectivity index is 2.12. The Morgan fingerprint density at radius 1 is 1.39 bits per heavy atom. The van der Waals surface area contributed by atoms with Crippen LogP contribution >= 0.6 is 0 Å². The maximum absolute atomic E-state index is 5.56. The third kappa shape index (κ3) is 2.90. The Labute approximate surface area is 108 Å². The molecule has 18 heavy (non-hydrogen) atoms. The predicted molar refractivity (Wildman–Crippen MR) is 73.0 cm³/mol. The number of hydrogen-bond acceptors (Lipinski definition) is 5. The summed E-state index contributed by atoms with van der Waals surface area (Å²) in [4.78, 5) is 8.62. The number of ether oxygens (including phenoxy) is 1. The number of aromatic nitrogens is 2. The van der Waals surface area contributed by atoms with Gasteiger partial charge in [-0.15, -0.1) is 0 Å². The van der Waals surface area contributed by atoms with E-state index in [1.54, 1.807) is 6.33 Å². The van der Waals surface area contributed by atoms with Crippen LogP contribution in [-0.2, 0) is 11.2 Å². The summed E-state index contributed by atoms with van der Waals surface area (Å²) < 4.78 is 5.56. The molecule has 2 rings (SSSR count). The molecule has 2 atom stereocenters. The van der Waals surface area contributed by atoms with Crippen molar-refractivity contribution in [1.82, 2.24) is 9.97 Å². The monoisotopic (exact) mass is 250 g/mol. The molecule has 0 radical (unpaired) electrons. The van der Waals surface area contributed by atoms with Gasteiger partial charge in [0.2, 0.25) is 0 Å². The first-order valence-electron chi connectivity index (χ1n) is 6.64. The molecule has 0 bridgehead atoms. The second-order valence-electron chi connectivity index (χ2n) is 4.70. The van der Waals surface area contributed by atoms with E-state index in [9.17, 15) is 0 Å². The average Bonchev–Trinajstić information content (AvgIpc) is 2.38. The first kappa shape index (κ1) is 13.1. The molecule has 5 nitrogen and oxygen atoms in total. The van der Waals surface area contributed by atoms with Crippen molar-refractivity contribution in [3.05, 3.63) is 11.9 Å². The molecule has 1 aliphatic rings. The topological polar surface area (TPSA) is 59.1 Å². The van der Waals surface area contributed by atoms with Crippen LogP contribution in [0.2, 0.25) is 0 Å². The van der Waals surface area contributed by atoms with Crippen LogP contribution in [-0.4, -0.2) is 35.8 Å². The number of nitrogens with one attached hydrogen (secondary N) is 2. The molecule has 2 unspecified atom stereocenters. The molecule has 100 valence electrons. The lowest BCUT2D eigenvalue weighted by Gasteiger charge is -2.29. The van der Waals surface area contributed by atoms with E-state index in [2.05, 4.69) is 34.4 Å². The summed E-state index contributed by atoms with van der Waals surface area (Å²) in [6.45, 7) is 5.06. The second-order valence-corrected chi connectivity index (χ2v) is 4.70. The zero-order valence-corrected chi connectivity index (χ0v) is 11.4. The summed E-state index contributed by atoms with van der Waals surface area (Å²) in [6.07, 6.45) is 4.91. The second kappa shape index (κ2) is 6.00. The molecule has 1 fully saturated rings. The van der Waals surface area contributed by atoms with E-state index in [1.165, 1.54) is 0 Å². The minimum Gasteiger partial charge on any atom is -0.378 e. The Morgan fingerprint density at radius 3 is 2.83 bits per heavy atom. The maximum Gasteiger partial charge on any atom is 0.134 e. The summed E-state index contributed by atoms with van der Waals surface area (Å²) in [7, 11) is 1.89. The minimum atomic E-state index is 0.326. The van der Waals surface area contributed by atoms with Crippen LogP contribution in [0.4, 0.5) is 11.6 Å². The first-order valence-corrected chi connectivity index (χ1v) is 6.64. The van der Waals surface area contributed by atoms with E-state index >= 15 is 0 Å². The van der Waals surface area contributed by atoms with E-state index in [0.29, 0.717) is 12.1 Å². The SMILES string of the molecule is CCc1c(NC)ncnc1NC1CCOC(C)C1. The van der Waals surface area contributed by atoms with Gasteiger partial charge < -0.3 is 15.4 Å². The molecule has 0 spiro atoms. The van der Waals surface area contributed by atoms with Crippen LogP contribution in [0, 0.1) is 0 Å². The molecule has 2 heterocycles. The van der Waals surface area contributed by atoms with Crippen molar-refractivity contribution in [3.8, 4) is 0 Å². The summed E-state index contributed by atoms with van der Waals surface area (Å²) >= 11 is 0. The maximum atomic E-state index is 5.56. The fourth-order valence-electron chi connectivity index (χ4n) is 2.41. The number of anilines is 2. The molecule has 1 aromatic heterocycles. The van der Waals surface area contributed by atoms with Gasteiger partial charge in [-0.25, -0.2) is 9.97 Å². The van der Waals surface area contributed by atoms with Crippen molar-refractivity contribution in [3.63, 3.8) is 0 Å². The van der Waals surface area contributed by atoms with Crippen LogP contribution in [0.25, 0.3) is 0 Å². The van der Waals surface area contributed by atoms with Crippen LogP contribution in [0.3, 0.4) is 0 Å². The van der Waals surface area contributed by atoms with E-state index < -0.39 is 0 Å². The Kier molecular flexibility index (Phi) is 4.36. The quantitative estimate of drug-likeness (QED) is 0.856. The highest BCUT2D eigenvalue weighted by atomic mass is 16.5. The van der Waals surface area contributed by atoms with Gasteiger partial charge in [0.25, 0.3) is 0 Å². The Hall–Kier alpha value is -1.36. The lowest BCUT2D eigenvalue weighted by atomic mass is 10.0. The van der Waals surface area contributed by atoms with E-state index in [0.717, 1.165) is 43.1 Å². The van der Waals surface area contributed by atoms with E-state index in [-0.39, 0.29) is 0 Å². The van der Waals surface area contributed by atoms with Gasteiger partial charge in [0.05, 0.1) is 6.10 Å². The highest BCUT2D eigenvalue weighted by Gasteiger charge is 2.20. The number of nitrogens with zero attached hydrogens (tertiary/aromatic N) is 2. The lowest BCUT2D eigenvalue weighted by Crippen LogP contribution is -2.33. The largest absolute Gasteiger partial charge is 0.378 e. The molecule has 0 aliphatic carbocycles. The fourth-order valence-corrected chi connectivity index (χ4v) is 2.41. The van der Waals surface area contributed by atoms with Gasteiger partial charge in [0, 0.05) is 25.3 Å². The van der Waals surface area contributed by atoms with Crippen LogP contribution in [0.5, 0.6) is 0 Å². The molecule has 5 heteroatoms. The Bertz CT molecular complexity index is 397. The molecule has 2 N–H and O–H groups in total. The van der Waals surface area contributed by atoms with Crippen LogP contribution in [0.1, 0.15) is 32.3 Å². The van der Waals surface area contributed by atoms with Crippen molar-refractivity contribution < 1.29 is 4.74 Å². The molecule has 0 saturated carbocycles. The van der Waals surface area contributed by atoms with Gasteiger partial charge >= 0.3 is 0 Å². The van der Waals surface area contributed by atoms with Crippen molar-refractivity contribution in [1.29, 1.82) is 0 Å². The van der Waals surface area contributed by atoms with Gasteiger partial charge in [0.15, 0.2) is 0 Å². The Morgan fingerprint density at radius 2 is 2.17 bits per heavy atom. The standard InChI is InChI=1S/C13H22N4O/c1-4-11-12(14-3)15-8-16-13(11)17-10-5-6-18-9(2)7-10/h8-10H,4-7H2,1-3H3,(H2,14,15,16,17). The fraction of sp³-hybridized carbons (Fsp3) is 0.692. The predicted octanol–water partition coefficient (Wildman–Crippen LogP) is 2.06. The highest BCUT2D eigenvalue weighted by molar-refractivity contribution is 5.57. The van der Waals surface area contributed by atoms with Crippen molar-refractivity contribution in [2.75, 3.05) is 24.3 Å². The van der Waals surface area contributed by atoms with Gasteiger partial charge in [0.1, 0.15) is 18.0 Å². The van der Waals surface area contributed by atoms with Gasteiger partial charge in [-0.05, 0) is 26.2 Å². The molecule has 0 amide bonds.